The second kappa shape index (κ2) is 12.2. The Morgan fingerprint density at radius 1 is 1.00 bits per heavy atom. The van der Waals surface area contributed by atoms with Gasteiger partial charge in [0.25, 0.3) is 0 Å². The van der Waals surface area contributed by atoms with E-state index in [1.165, 1.54) is 18.9 Å². The molecule has 4 amide bonds. The summed E-state index contributed by atoms with van der Waals surface area (Å²) in [5.74, 6) is -2.28. The second-order valence-corrected chi connectivity index (χ2v) is 10.5. The van der Waals surface area contributed by atoms with E-state index in [9.17, 15) is 24.0 Å². The predicted octanol–water partition coefficient (Wildman–Crippen LogP) is 1.49. The Hall–Kier alpha value is -2.85. The lowest BCUT2D eigenvalue weighted by molar-refractivity contribution is -0.154. The topological polar surface area (TPSA) is 143 Å². The van der Waals surface area contributed by atoms with E-state index in [2.05, 4.69) is 16.0 Å². The largest absolute Gasteiger partial charge is 0.467 e. The summed E-state index contributed by atoms with van der Waals surface area (Å²) in [7, 11) is 1.28. The van der Waals surface area contributed by atoms with Crippen molar-refractivity contribution in [3.63, 3.8) is 0 Å². The summed E-state index contributed by atoms with van der Waals surface area (Å²) >= 11 is 0. The number of hydrogen-bond acceptors (Lipinski definition) is 7. The van der Waals surface area contributed by atoms with Gasteiger partial charge in [-0.15, -0.1) is 0 Å². The maximum Gasteiger partial charge on any atom is 0.408 e. The van der Waals surface area contributed by atoms with Crippen LogP contribution in [0, 0.1) is 5.92 Å². The molecule has 1 rings (SSSR count). The third kappa shape index (κ3) is 8.40. The molecule has 0 aromatic rings. The van der Waals surface area contributed by atoms with Crippen molar-refractivity contribution >= 4 is 29.8 Å². The number of carbonyl (C=O) groups excluding carboxylic acids is 5. The summed E-state index contributed by atoms with van der Waals surface area (Å²) in [6.07, 6.45) is 0.684. The first-order valence-corrected chi connectivity index (χ1v) is 12.1. The van der Waals surface area contributed by atoms with Crippen molar-refractivity contribution in [3.05, 3.63) is 0 Å². The van der Waals surface area contributed by atoms with E-state index < -0.39 is 53.1 Å². The second-order valence-electron chi connectivity index (χ2n) is 10.5. The molecule has 1 aliphatic rings. The highest BCUT2D eigenvalue weighted by atomic mass is 16.6. The van der Waals surface area contributed by atoms with Gasteiger partial charge in [0.1, 0.15) is 29.3 Å². The quantitative estimate of drug-likeness (QED) is 0.409. The Kier molecular flexibility index (Phi) is 10.5. The number of nitrogens with one attached hydrogen (secondary N) is 3. The van der Waals surface area contributed by atoms with Crippen LogP contribution in [0.5, 0.6) is 0 Å². The van der Waals surface area contributed by atoms with Gasteiger partial charge in [0.2, 0.25) is 17.7 Å². The molecule has 0 radical (unpaired) electrons. The zero-order valence-corrected chi connectivity index (χ0v) is 22.4. The van der Waals surface area contributed by atoms with Crippen molar-refractivity contribution < 1.29 is 33.4 Å². The van der Waals surface area contributed by atoms with Crippen molar-refractivity contribution in [2.75, 3.05) is 13.7 Å². The van der Waals surface area contributed by atoms with Crippen LogP contribution < -0.4 is 16.0 Å². The van der Waals surface area contributed by atoms with Crippen molar-refractivity contribution in [1.29, 1.82) is 0 Å². The molecule has 0 aromatic heterocycles. The van der Waals surface area contributed by atoms with Crippen molar-refractivity contribution in [2.45, 2.75) is 104 Å². The van der Waals surface area contributed by atoms with Crippen LogP contribution in [0.1, 0.15) is 74.7 Å². The first-order valence-electron chi connectivity index (χ1n) is 12.1. The molecule has 11 heteroatoms. The number of amides is 4. The van der Waals surface area contributed by atoms with E-state index in [1.807, 2.05) is 0 Å². The molecular formula is C24H42N4O7. The molecule has 0 aromatic carbocycles. The van der Waals surface area contributed by atoms with Gasteiger partial charge in [-0.05, 0) is 59.8 Å². The Labute approximate surface area is 208 Å². The lowest BCUT2D eigenvalue weighted by Crippen LogP contribution is -2.63. The fraction of sp³-hybridized carbons (Fsp3) is 0.792. The zero-order valence-electron chi connectivity index (χ0n) is 22.4. The van der Waals surface area contributed by atoms with Crippen LogP contribution in [0.25, 0.3) is 0 Å². The van der Waals surface area contributed by atoms with E-state index >= 15 is 0 Å². The normalized spacial score (nSPS) is 19.3. The van der Waals surface area contributed by atoms with Crippen molar-refractivity contribution in [2.24, 2.45) is 5.92 Å². The molecule has 200 valence electrons. The molecule has 0 unspecified atom stereocenters. The lowest BCUT2D eigenvalue weighted by atomic mass is 9.94. The van der Waals surface area contributed by atoms with Crippen molar-refractivity contribution in [1.82, 2.24) is 20.9 Å². The van der Waals surface area contributed by atoms with Gasteiger partial charge >= 0.3 is 12.1 Å². The molecule has 1 heterocycles. The summed E-state index contributed by atoms with van der Waals surface area (Å²) in [5.41, 5.74) is -2.01. The standard InChI is InChI=1S/C24H42N4O7/c1-10-24(8,21(32)28-13-11-12-16(28)20(31)34-9)27-19(30)17(14(2)3)26-18(29)15(4)25-22(33)35-23(5,6)7/h14-17H,10-13H2,1-9H3,(H,25,33)(H,26,29)(H,27,30)/t15-,16-,17-,24-/m0/s1. The van der Waals surface area contributed by atoms with E-state index in [0.29, 0.717) is 19.4 Å². The van der Waals surface area contributed by atoms with E-state index in [0.717, 1.165) is 0 Å². The minimum atomic E-state index is -1.29. The van der Waals surface area contributed by atoms with Gasteiger partial charge in [-0.2, -0.15) is 0 Å². The fourth-order valence-corrected chi connectivity index (χ4v) is 3.71. The van der Waals surface area contributed by atoms with E-state index in [1.54, 1.807) is 48.5 Å². The van der Waals surface area contributed by atoms with Gasteiger partial charge in [-0.3, -0.25) is 14.4 Å². The number of carbonyl (C=O) groups is 5. The molecule has 1 aliphatic heterocycles. The molecule has 0 aliphatic carbocycles. The van der Waals surface area contributed by atoms with E-state index in [-0.39, 0.29) is 18.2 Å². The average Bonchev–Trinajstić information content (AvgIpc) is 3.23. The molecule has 11 nitrogen and oxygen atoms in total. The monoisotopic (exact) mass is 498 g/mol. The fourth-order valence-electron chi connectivity index (χ4n) is 3.71. The smallest absolute Gasteiger partial charge is 0.408 e. The van der Waals surface area contributed by atoms with Crippen LogP contribution in [-0.4, -0.2) is 77.6 Å². The highest BCUT2D eigenvalue weighted by molar-refractivity contribution is 5.97. The summed E-state index contributed by atoms with van der Waals surface area (Å²) < 4.78 is 9.99. The molecular weight excluding hydrogens is 456 g/mol. The zero-order chi connectivity index (χ0) is 27.1. The van der Waals surface area contributed by atoms with Gasteiger partial charge in [-0.25, -0.2) is 9.59 Å². The number of alkyl carbamates (subject to hydrolysis) is 1. The van der Waals surface area contributed by atoms with Crippen LogP contribution in [0.2, 0.25) is 0 Å². The first-order chi connectivity index (χ1) is 16.1. The molecule has 4 atom stereocenters. The number of rotatable bonds is 9. The maximum atomic E-state index is 13.4. The van der Waals surface area contributed by atoms with Crippen LogP contribution in [0.4, 0.5) is 4.79 Å². The molecule has 3 N–H and O–H groups in total. The van der Waals surface area contributed by atoms with Crippen LogP contribution in [0.15, 0.2) is 0 Å². The Morgan fingerprint density at radius 2 is 1.60 bits per heavy atom. The lowest BCUT2D eigenvalue weighted by Gasteiger charge is -2.36. The minimum absolute atomic E-state index is 0.275. The maximum absolute atomic E-state index is 13.4. The van der Waals surface area contributed by atoms with Gasteiger partial charge in [0.15, 0.2) is 0 Å². The van der Waals surface area contributed by atoms with Crippen LogP contribution >= 0.6 is 0 Å². The Balaban J connectivity index is 2.93. The molecule has 0 bridgehead atoms. The summed E-state index contributed by atoms with van der Waals surface area (Å²) in [6.45, 7) is 13.9. The highest BCUT2D eigenvalue weighted by Crippen LogP contribution is 2.24. The molecule has 0 saturated carbocycles. The molecule has 35 heavy (non-hydrogen) atoms. The third-order valence-corrected chi connectivity index (χ3v) is 5.94. The minimum Gasteiger partial charge on any atom is -0.467 e. The molecule has 0 spiro atoms. The molecule has 1 fully saturated rings. The summed E-state index contributed by atoms with van der Waals surface area (Å²) in [6, 6.07) is -2.60. The van der Waals surface area contributed by atoms with Gasteiger partial charge in [0, 0.05) is 6.54 Å². The van der Waals surface area contributed by atoms with Crippen LogP contribution in [-0.2, 0) is 28.7 Å². The summed E-state index contributed by atoms with van der Waals surface area (Å²) in [4.78, 5) is 64.8. The van der Waals surface area contributed by atoms with Crippen LogP contribution in [0.3, 0.4) is 0 Å². The van der Waals surface area contributed by atoms with E-state index in [4.69, 9.17) is 9.47 Å². The Morgan fingerprint density at radius 3 is 2.09 bits per heavy atom. The number of ether oxygens (including phenoxy) is 2. The number of nitrogens with zero attached hydrogens (tertiary/aromatic N) is 1. The SMILES string of the molecule is CC[C@](C)(NC(=O)[C@@H](NC(=O)[C@H](C)NC(=O)OC(C)(C)C)C(C)C)C(=O)N1CCC[C@H]1C(=O)OC. The Bertz CT molecular complexity index is 808. The van der Waals surface area contributed by atoms with Gasteiger partial charge in [0.05, 0.1) is 7.11 Å². The summed E-state index contributed by atoms with van der Waals surface area (Å²) in [5, 5.41) is 7.89. The number of likely N-dealkylation sites (tertiary alicyclic amines) is 1. The number of hydrogen-bond donors (Lipinski definition) is 3. The van der Waals surface area contributed by atoms with Gasteiger partial charge in [-0.1, -0.05) is 20.8 Å². The number of methoxy groups -OCH3 is 1. The third-order valence-electron chi connectivity index (χ3n) is 5.94. The predicted molar refractivity (Wildman–Crippen MR) is 129 cm³/mol. The highest BCUT2D eigenvalue weighted by Gasteiger charge is 2.44. The average molecular weight is 499 g/mol. The van der Waals surface area contributed by atoms with Crippen molar-refractivity contribution in [3.8, 4) is 0 Å². The number of esters is 1. The first kappa shape index (κ1) is 30.2. The van der Waals surface area contributed by atoms with Gasteiger partial charge < -0.3 is 30.3 Å². The molecule has 1 saturated heterocycles.